The molecular weight excluding hydrogens is 484 g/mol. The molecular formula is C31H24N6Si. The Bertz CT molecular complexity index is 1430. The molecule has 0 saturated carbocycles. The van der Waals surface area contributed by atoms with Crippen LogP contribution in [-0.2, 0) is 0 Å². The number of pyridine rings is 6. The van der Waals surface area contributed by atoms with E-state index in [0.717, 1.165) is 49.7 Å². The van der Waals surface area contributed by atoms with Crippen LogP contribution in [0.15, 0.2) is 128 Å². The van der Waals surface area contributed by atoms with Crippen LogP contribution in [0.2, 0.25) is 6.55 Å². The van der Waals surface area contributed by atoms with Gasteiger partial charge in [0.25, 0.3) is 0 Å². The third-order valence-corrected chi connectivity index (χ3v) is 10.7. The highest BCUT2D eigenvalue weighted by atomic mass is 28.3. The van der Waals surface area contributed by atoms with E-state index in [4.69, 9.17) is 15.0 Å². The molecule has 38 heavy (non-hydrogen) atoms. The van der Waals surface area contributed by atoms with Crippen molar-refractivity contribution in [2.45, 2.75) is 6.55 Å². The lowest BCUT2D eigenvalue weighted by molar-refractivity contribution is 1.27. The maximum Gasteiger partial charge on any atom is 0.212 e. The molecule has 6 aromatic heterocycles. The van der Waals surface area contributed by atoms with Crippen molar-refractivity contribution in [1.82, 2.24) is 29.9 Å². The van der Waals surface area contributed by atoms with E-state index in [0.29, 0.717) is 0 Å². The van der Waals surface area contributed by atoms with Gasteiger partial charge in [0.05, 0.1) is 17.1 Å². The van der Waals surface area contributed by atoms with Gasteiger partial charge in [0.2, 0.25) is 8.07 Å². The van der Waals surface area contributed by atoms with Crippen LogP contribution in [0.3, 0.4) is 0 Å². The highest BCUT2D eigenvalue weighted by Gasteiger charge is 2.39. The molecule has 0 bridgehead atoms. The fraction of sp³-hybridized carbons (Fsp3) is 0.0323. The quantitative estimate of drug-likeness (QED) is 0.315. The molecule has 0 N–H and O–H groups in total. The Morgan fingerprint density at radius 2 is 0.737 bits per heavy atom. The molecule has 0 saturated heterocycles. The Balaban J connectivity index is 1.43. The normalized spacial score (nSPS) is 11.3. The first-order valence-electron chi connectivity index (χ1n) is 12.4. The van der Waals surface area contributed by atoms with Crippen LogP contribution in [0, 0.1) is 0 Å². The fourth-order valence-corrected chi connectivity index (χ4v) is 7.52. The second-order valence-corrected chi connectivity index (χ2v) is 12.9. The minimum atomic E-state index is -2.64. The van der Waals surface area contributed by atoms with Crippen molar-refractivity contribution < 1.29 is 0 Å². The average molecular weight is 509 g/mol. The summed E-state index contributed by atoms with van der Waals surface area (Å²) >= 11 is 0. The van der Waals surface area contributed by atoms with Crippen molar-refractivity contribution in [3.63, 3.8) is 0 Å². The van der Waals surface area contributed by atoms with Gasteiger partial charge in [-0.25, -0.2) is 0 Å². The zero-order chi connectivity index (χ0) is 25.8. The molecule has 6 aromatic rings. The SMILES string of the molecule is C[Si](c1ccc(-c2ccccn2)cn1)(c1ccc(-c2ccccn2)cn1)c1ccc(-c2ccccn2)cn1. The molecule has 6 rings (SSSR count). The minimum Gasteiger partial charge on any atom is -0.264 e. The molecule has 6 nitrogen and oxygen atoms in total. The number of aromatic nitrogens is 6. The van der Waals surface area contributed by atoms with Gasteiger partial charge >= 0.3 is 0 Å². The third-order valence-electron chi connectivity index (χ3n) is 6.71. The van der Waals surface area contributed by atoms with Crippen molar-refractivity contribution >= 4 is 24.0 Å². The van der Waals surface area contributed by atoms with Crippen molar-refractivity contribution in [1.29, 1.82) is 0 Å². The lowest BCUT2D eigenvalue weighted by Gasteiger charge is -2.26. The number of hydrogen-bond donors (Lipinski definition) is 0. The van der Waals surface area contributed by atoms with E-state index >= 15 is 0 Å². The van der Waals surface area contributed by atoms with E-state index in [-0.39, 0.29) is 0 Å². The molecule has 0 radical (unpaired) electrons. The second kappa shape index (κ2) is 10.2. The molecule has 0 spiro atoms. The maximum atomic E-state index is 4.96. The Morgan fingerprint density at radius 1 is 0.395 bits per heavy atom. The van der Waals surface area contributed by atoms with Crippen molar-refractivity contribution in [2.24, 2.45) is 0 Å². The Labute approximate surface area is 222 Å². The van der Waals surface area contributed by atoms with Crippen LogP contribution in [0.5, 0.6) is 0 Å². The van der Waals surface area contributed by atoms with E-state index in [2.05, 4.69) is 57.9 Å². The van der Waals surface area contributed by atoms with E-state index in [9.17, 15) is 0 Å². The van der Waals surface area contributed by atoms with Gasteiger partial charge in [-0.1, -0.05) is 24.7 Å². The van der Waals surface area contributed by atoms with Crippen LogP contribution in [0.25, 0.3) is 33.8 Å². The first-order valence-corrected chi connectivity index (χ1v) is 14.9. The molecule has 0 fully saturated rings. The van der Waals surface area contributed by atoms with Gasteiger partial charge < -0.3 is 0 Å². The largest absolute Gasteiger partial charge is 0.264 e. The summed E-state index contributed by atoms with van der Waals surface area (Å²) in [7, 11) is -2.64. The van der Waals surface area contributed by atoms with Gasteiger partial charge in [0.15, 0.2) is 0 Å². The summed E-state index contributed by atoms with van der Waals surface area (Å²) in [4.78, 5) is 28.3. The highest BCUT2D eigenvalue weighted by molar-refractivity contribution is 7.09. The molecule has 182 valence electrons. The van der Waals surface area contributed by atoms with E-state index < -0.39 is 8.07 Å². The Hall–Kier alpha value is -4.88. The summed E-state index contributed by atoms with van der Waals surface area (Å²) in [6, 6.07) is 30.2. The highest BCUT2D eigenvalue weighted by Crippen LogP contribution is 2.18. The Kier molecular flexibility index (Phi) is 6.33. The van der Waals surface area contributed by atoms with Crippen LogP contribution in [0.1, 0.15) is 0 Å². The molecule has 0 aliphatic heterocycles. The molecule has 0 aliphatic rings. The van der Waals surface area contributed by atoms with Crippen molar-refractivity contribution in [2.75, 3.05) is 0 Å². The molecule has 0 aromatic carbocycles. The molecule has 0 unspecified atom stereocenters. The predicted octanol–water partition coefficient (Wildman–Crippen LogP) is 4.16. The van der Waals surface area contributed by atoms with Crippen molar-refractivity contribution in [3.05, 3.63) is 128 Å². The van der Waals surface area contributed by atoms with Crippen LogP contribution >= 0.6 is 0 Å². The van der Waals surface area contributed by atoms with Gasteiger partial charge in [0, 0.05) is 69.8 Å². The zero-order valence-corrected chi connectivity index (χ0v) is 21.8. The second-order valence-electron chi connectivity index (χ2n) is 9.07. The summed E-state index contributed by atoms with van der Waals surface area (Å²) in [6.07, 6.45) is 11.1. The molecule has 0 amide bonds. The minimum absolute atomic E-state index is 0.894. The summed E-state index contributed by atoms with van der Waals surface area (Å²) in [6.45, 7) is 2.25. The van der Waals surface area contributed by atoms with Crippen molar-refractivity contribution in [3.8, 4) is 33.8 Å². The van der Waals surface area contributed by atoms with Gasteiger partial charge in [-0.15, -0.1) is 0 Å². The first kappa shape index (κ1) is 23.5. The molecule has 0 atom stereocenters. The van der Waals surface area contributed by atoms with E-state index in [1.807, 2.05) is 73.2 Å². The number of rotatable bonds is 6. The topological polar surface area (TPSA) is 77.3 Å². The summed E-state index contributed by atoms with van der Waals surface area (Å²) in [5, 5.41) is 2.94. The maximum absolute atomic E-state index is 4.96. The van der Waals surface area contributed by atoms with Crippen LogP contribution < -0.4 is 16.0 Å². The van der Waals surface area contributed by atoms with Gasteiger partial charge in [0.1, 0.15) is 0 Å². The summed E-state index contributed by atoms with van der Waals surface area (Å²) < 4.78 is 0. The number of hydrogen-bond acceptors (Lipinski definition) is 6. The molecule has 0 aliphatic carbocycles. The third kappa shape index (κ3) is 4.51. The lowest BCUT2D eigenvalue weighted by atomic mass is 10.2. The molecule has 6 heterocycles. The zero-order valence-electron chi connectivity index (χ0n) is 20.8. The van der Waals surface area contributed by atoms with Gasteiger partial charge in [-0.2, -0.15) is 0 Å². The van der Waals surface area contributed by atoms with Crippen LogP contribution in [-0.4, -0.2) is 38.0 Å². The smallest absolute Gasteiger partial charge is 0.212 e. The van der Waals surface area contributed by atoms with E-state index in [1.165, 1.54) is 0 Å². The number of nitrogens with zero attached hydrogens (tertiary/aromatic N) is 6. The summed E-state index contributed by atoms with van der Waals surface area (Å²) in [5.41, 5.74) is 5.61. The monoisotopic (exact) mass is 508 g/mol. The average Bonchev–Trinajstić information content (AvgIpc) is 3.02. The first-order chi connectivity index (χ1) is 18.7. The lowest BCUT2D eigenvalue weighted by Crippen LogP contribution is -2.67. The van der Waals surface area contributed by atoms with Gasteiger partial charge in [-0.05, 0) is 72.8 Å². The predicted molar refractivity (Wildman–Crippen MR) is 153 cm³/mol. The van der Waals surface area contributed by atoms with Crippen LogP contribution in [0.4, 0.5) is 0 Å². The molecule has 7 heteroatoms. The Morgan fingerprint density at radius 3 is 0.974 bits per heavy atom. The fourth-order valence-electron chi connectivity index (χ4n) is 4.52. The standard InChI is InChI=1S/C31H24N6Si/c1-38(29-14-11-23(20-35-29)26-8-2-5-17-32-26,30-15-12-24(21-36-30)27-9-3-6-18-33-27)31-16-13-25(22-37-31)28-10-4-7-19-34-28/h2-22H,1H3. The summed E-state index contributed by atoms with van der Waals surface area (Å²) in [5.74, 6) is 0. The van der Waals surface area contributed by atoms with Gasteiger partial charge in [-0.3, -0.25) is 29.9 Å². The van der Waals surface area contributed by atoms with E-state index in [1.54, 1.807) is 18.6 Å².